The fourth-order valence-electron chi connectivity index (χ4n) is 1.51. The van der Waals surface area contributed by atoms with Crippen molar-refractivity contribution in [1.29, 1.82) is 0 Å². The van der Waals surface area contributed by atoms with E-state index in [9.17, 15) is 9.18 Å². The third-order valence-electron chi connectivity index (χ3n) is 2.34. The Morgan fingerprint density at radius 2 is 1.88 bits per heavy atom. The third-order valence-corrected chi connectivity index (χ3v) is 2.34. The van der Waals surface area contributed by atoms with Crippen molar-refractivity contribution < 1.29 is 9.18 Å². The third kappa shape index (κ3) is 2.14. The van der Waals surface area contributed by atoms with Gasteiger partial charge in [0.1, 0.15) is 6.29 Å². The Bertz CT molecular complexity index is 484. The Kier molecular flexibility index (Phi) is 3.05. The van der Waals surface area contributed by atoms with Gasteiger partial charge in [-0.3, -0.25) is 9.78 Å². The monoisotopic (exact) mass is 215 g/mol. The van der Waals surface area contributed by atoms with Crippen molar-refractivity contribution >= 4 is 6.29 Å². The van der Waals surface area contributed by atoms with Crippen LogP contribution in [0.1, 0.15) is 27.7 Å². The molecule has 1 aromatic carbocycles. The van der Waals surface area contributed by atoms with Gasteiger partial charge in [-0.05, 0) is 29.3 Å². The minimum atomic E-state index is -1.22. The van der Waals surface area contributed by atoms with Crippen molar-refractivity contribution in [3.8, 4) is 0 Å². The minimum Gasteiger partial charge on any atom is -0.298 e. The van der Waals surface area contributed by atoms with E-state index < -0.39 is 6.17 Å². The van der Waals surface area contributed by atoms with E-state index in [4.69, 9.17) is 0 Å². The number of carbonyl (C=O) groups is 1. The zero-order valence-corrected chi connectivity index (χ0v) is 8.51. The van der Waals surface area contributed by atoms with Gasteiger partial charge in [-0.1, -0.05) is 18.2 Å². The van der Waals surface area contributed by atoms with Crippen molar-refractivity contribution in [3.63, 3.8) is 0 Å². The molecule has 2 rings (SSSR count). The fraction of sp³-hybridized carbons (Fsp3) is 0.0769. The van der Waals surface area contributed by atoms with Crippen LogP contribution in [0.4, 0.5) is 4.39 Å². The summed E-state index contributed by atoms with van der Waals surface area (Å²) >= 11 is 0. The maximum absolute atomic E-state index is 14.0. The van der Waals surface area contributed by atoms with Gasteiger partial charge in [0.25, 0.3) is 0 Å². The van der Waals surface area contributed by atoms with Crippen LogP contribution in [0.25, 0.3) is 0 Å². The van der Waals surface area contributed by atoms with Crippen molar-refractivity contribution in [3.05, 3.63) is 65.5 Å². The molecule has 0 aliphatic heterocycles. The van der Waals surface area contributed by atoms with E-state index in [1.165, 1.54) is 0 Å². The number of hydrogen-bond donors (Lipinski definition) is 0. The SMILES string of the molecule is O=Cc1cccc(C(F)c2ccncc2)c1. The van der Waals surface area contributed by atoms with Crippen LogP contribution in [0.2, 0.25) is 0 Å². The number of hydrogen-bond acceptors (Lipinski definition) is 2. The lowest BCUT2D eigenvalue weighted by Gasteiger charge is -2.08. The molecule has 0 amide bonds. The molecule has 0 bridgehead atoms. The van der Waals surface area contributed by atoms with Crippen LogP contribution in [0, 0.1) is 0 Å². The lowest BCUT2D eigenvalue weighted by molar-refractivity contribution is 0.112. The number of pyridine rings is 1. The van der Waals surface area contributed by atoms with Crippen LogP contribution < -0.4 is 0 Å². The van der Waals surface area contributed by atoms with Gasteiger partial charge in [-0.15, -0.1) is 0 Å². The normalized spacial score (nSPS) is 12.1. The second kappa shape index (κ2) is 4.66. The second-order valence-corrected chi connectivity index (χ2v) is 3.43. The van der Waals surface area contributed by atoms with Gasteiger partial charge in [-0.25, -0.2) is 4.39 Å². The molecular weight excluding hydrogens is 205 g/mol. The largest absolute Gasteiger partial charge is 0.298 e. The van der Waals surface area contributed by atoms with Crippen LogP contribution in [0.3, 0.4) is 0 Å². The number of aldehydes is 1. The number of alkyl halides is 1. The first kappa shape index (κ1) is 10.5. The first-order valence-electron chi connectivity index (χ1n) is 4.90. The number of carbonyl (C=O) groups excluding carboxylic acids is 1. The van der Waals surface area contributed by atoms with E-state index in [-0.39, 0.29) is 0 Å². The average molecular weight is 215 g/mol. The number of benzene rings is 1. The highest BCUT2D eigenvalue weighted by molar-refractivity contribution is 5.75. The zero-order valence-electron chi connectivity index (χ0n) is 8.51. The molecule has 1 heterocycles. The van der Waals surface area contributed by atoms with Crippen molar-refractivity contribution in [2.45, 2.75) is 6.17 Å². The average Bonchev–Trinajstić information content (AvgIpc) is 2.39. The van der Waals surface area contributed by atoms with Crippen LogP contribution in [0.15, 0.2) is 48.8 Å². The Labute approximate surface area is 92.8 Å². The molecule has 0 fully saturated rings. The van der Waals surface area contributed by atoms with E-state index in [2.05, 4.69) is 4.98 Å². The molecule has 2 nitrogen and oxygen atoms in total. The molecule has 0 N–H and O–H groups in total. The van der Waals surface area contributed by atoms with Gasteiger partial charge in [-0.2, -0.15) is 0 Å². The highest BCUT2D eigenvalue weighted by Crippen LogP contribution is 2.25. The van der Waals surface area contributed by atoms with Crippen molar-refractivity contribution in [2.24, 2.45) is 0 Å². The minimum absolute atomic E-state index is 0.481. The summed E-state index contributed by atoms with van der Waals surface area (Å²) in [6.45, 7) is 0. The smallest absolute Gasteiger partial charge is 0.150 e. The molecule has 0 aliphatic rings. The summed E-state index contributed by atoms with van der Waals surface area (Å²) in [6.07, 6.45) is 2.59. The first-order valence-corrected chi connectivity index (χ1v) is 4.90. The molecule has 1 atom stereocenters. The lowest BCUT2D eigenvalue weighted by Crippen LogP contribution is -1.95. The summed E-state index contributed by atoms with van der Waals surface area (Å²) in [7, 11) is 0. The van der Waals surface area contributed by atoms with E-state index in [1.807, 2.05) is 0 Å². The summed E-state index contributed by atoms with van der Waals surface area (Å²) < 4.78 is 14.0. The van der Waals surface area contributed by atoms with Crippen LogP contribution in [-0.2, 0) is 0 Å². The van der Waals surface area contributed by atoms with Gasteiger partial charge in [0.05, 0.1) is 0 Å². The summed E-state index contributed by atoms with van der Waals surface area (Å²) in [4.78, 5) is 14.4. The van der Waals surface area contributed by atoms with Crippen molar-refractivity contribution in [1.82, 2.24) is 4.98 Å². The van der Waals surface area contributed by atoms with E-state index in [0.29, 0.717) is 23.0 Å². The number of halogens is 1. The number of rotatable bonds is 3. The summed E-state index contributed by atoms with van der Waals surface area (Å²) in [6, 6.07) is 9.79. The molecular formula is C13H10FNO. The van der Waals surface area contributed by atoms with Crippen molar-refractivity contribution in [2.75, 3.05) is 0 Å². The van der Waals surface area contributed by atoms with Gasteiger partial charge in [0, 0.05) is 18.0 Å². The predicted molar refractivity (Wildman–Crippen MR) is 59.0 cm³/mol. The molecule has 3 heteroatoms. The highest BCUT2D eigenvalue weighted by atomic mass is 19.1. The van der Waals surface area contributed by atoms with Crippen LogP contribution >= 0.6 is 0 Å². The molecule has 0 spiro atoms. The molecule has 0 radical (unpaired) electrons. The predicted octanol–water partition coefficient (Wildman–Crippen LogP) is 2.95. The topological polar surface area (TPSA) is 30.0 Å². The molecule has 1 aromatic heterocycles. The number of aromatic nitrogens is 1. The standard InChI is InChI=1S/C13H10FNO/c14-13(11-4-6-15-7-5-11)12-3-1-2-10(8-12)9-16/h1-9,13H. The Morgan fingerprint density at radius 3 is 2.56 bits per heavy atom. The van der Waals surface area contributed by atoms with E-state index >= 15 is 0 Å². The highest BCUT2D eigenvalue weighted by Gasteiger charge is 2.12. The van der Waals surface area contributed by atoms with Crippen LogP contribution in [-0.4, -0.2) is 11.3 Å². The molecule has 1 unspecified atom stereocenters. The van der Waals surface area contributed by atoms with Gasteiger partial charge >= 0.3 is 0 Å². The Balaban J connectivity index is 2.34. The van der Waals surface area contributed by atoms with E-state index in [0.717, 1.165) is 0 Å². The Morgan fingerprint density at radius 1 is 1.12 bits per heavy atom. The molecule has 0 saturated carbocycles. The van der Waals surface area contributed by atoms with Gasteiger partial charge < -0.3 is 0 Å². The quantitative estimate of drug-likeness (QED) is 0.737. The maximum Gasteiger partial charge on any atom is 0.150 e. The maximum atomic E-state index is 14.0. The second-order valence-electron chi connectivity index (χ2n) is 3.43. The molecule has 16 heavy (non-hydrogen) atoms. The summed E-state index contributed by atoms with van der Waals surface area (Å²) in [5.41, 5.74) is 1.50. The summed E-state index contributed by atoms with van der Waals surface area (Å²) in [5.74, 6) is 0. The lowest BCUT2D eigenvalue weighted by atomic mass is 10.0. The fourth-order valence-corrected chi connectivity index (χ4v) is 1.51. The number of nitrogens with zero attached hydrogens (tertiary/aromatic N) is 1. The first-order chi connectivity index (χ1) is 7.81. The van der Waals surface area contributed by atoms with Crippen LogP contribution in [0.5, 0.6) is 0 Å². The molecule has 80 valence electrons. The molecule has 0 aliphatic carbocycles. The van der Waals surface area contributed by atoms with E-state index in [1.54, 1.807) is 48.8 Å². The molecule has 0 saturated heterocycles. The van der Waals surface area contributed by atoms with Gasteiger partial charge in [0.15, 0.2) is 6.17 Å². The zero-order chi connectivity index (χ0) is 11.4. The molecule has 2 aromatic rings. The summed E-state index contributed by atoms with van der Waals surface area (Å²) in [5, 5.41) is 0. The Hall–Kier alpha value is -2.03. The van der Waals surface area contributed by atoms with Gasteiger partial charge in [0.2, 0.25) is 0 Å².